The molecule has 1 unspecified atom stereocenters. The lowest BCUT2D eigenvalue weighted by molar-refractivity contribution is -0.385. The lowest BCUT2D eigenvalue weighted by Crippen LogP contribution is -2.27. The van der Waals surface area contributed by atoms with Gasteiger partial charge in [0.2, 0.25) is 0 Å². The van der Waals surface area contributed by atoms with Crippen molar-refractivity contribution < 1.29 is 14.5 Å². The van der Waals surface area contributed by atoms with Gasteiger partial charge in [0.05, 0.1) is 11.0 Å². The minimum absolute atomic E-state index is 0.0971. The molecule has 0 spiro atoms. The Morgan fingerprint density at radius 1 is 1.47 bits per heavy atom. The first-order chi connectivity index (χ1) is 9.18. The van der Waals surface area contributed by atoms with Gasteiger partial charge in [-0.1, -0.05) is 12.1 Å². The van der Waals surface area contributed by atoms with E-state index in [1.165, 1.54) is 12.1 Å². The molecule has 0 saturated carbocycles. The van der Waals surface area contributed by atoms with E-state index in [9.17, 15) is 14.9 Å². The van der Waals surface area contributed by atoms with Crippen LogP contribution in [0, 0.1) is 10.1 Å². The summed E-state index contributed by atoms with van der Waals surface area (Å²) in [5.74, 6) is -0.412. The van der Waals surface area contributed by atoms with Crippen LogP contribution in [0.2, 0.25) is 0 Å². The Kier molecular flexibility index (Phi) is 4.46. The third-order valence-corrected chi connectivity index (χ3v) is 3.12. The zero-order chi connectivity index (χ0) is 13.7. The van der Waals surface area contributed by atoms with E-state index < -0.39 is 10.8 Å². The predicted molar refractivity (Wildman–Crippen MR) is 69.0 cm³/mol. The van der Waals surface area contributed by atoms with Crippen LogP contribution in [0.15, 0.2) is 24.3 Å². The van der Waals surface area contributed by atoms with Gasteiger partial charge in [0.1, 0.15) is 5.56 Å². The lowest BCUT2D eigenvalue weighted by atomic mass is 10.1. The van der Waals surface area contributed by atoms with Gasteiger partial charge < -0.3 is 10.1 Å². The molecule has 1 amide bonds. The van der Waals surface area contributed by atoms with E-state index in [2.05, 4.69) is 5.32 Å². The molecular formula is C13H16N2O4. The summed E-state index contributed by atoms with van der Waals surface area (Å²) in [6.07, 6.45) is 3.02. The van der Waals surface area contributed by atoms with Crippen LogP contribution < -0.4 is 5.32 Å². The average Bonchev–Trinajstić information content (AvgIpc) is 2.91. The van der Waals surface area contributed by atoms with Crippen molar-refractivity contribution in [3.8, 4) is 0 Å². The topological polar surface area (TPSA) is 81.5 Å². The van der Waals surface area contributed by atoms with E-state index in [4.69, 9.17) is 4.74 Å². The summed E-state index contributed by atoms with van der Waals surface area (Å²) in [4.78, 5) is 22.2. The Morgan fingerprint density at radius 2 is 2.26 bits per heavy atom. The zero-order valence-electron chi connectivity index (χ0n) is 10.5. The third-order valence-electron chi connectivity index (χ3n) is 3.12. The molecule has 1 heterocycles. The number of carbonyl (C=O) groups is 1. The molecule has 0 bridgehead atoms. The van der Waals surface area contributed by atoms with Crippen molar-refractivity contribution >= 4 is 11.6 Å². The van der Waals surface area contributed by atoms with E-state index in [-0.39, 0.29) is 17.4 Å². The van der Waals surface area contributed by atoms with Crippen LogP contribution in [-0.4, -0.2) is 30.1 Å². The molecule has 1 atom stereocenters. The van der Waals surface area contributed by atoms with E-state index in [0.717, 1.165) is 25.9 Å². The highest BCUT2D eigenvalue weighted by Crippen LogP contribution is 2.18. The summed E-state index contributed by atoms with van der Waals surface area (Å²) in [7, 11) is 0. The van der Waals surface area contributed by atoms with Crippen molar-refractivity contribution in [3.63, 3.8) is 0 Å². The van der Waals surface area contributed by atoms with Gasteiger partial charge in [-0.25, -0.2) is 0 Å². The fourth-order valence-electron chi connectivity index (χ4n) is 2.14. The van der Waals surface area contributed by atoms with Crippen molar-refractivity contribution in [3.05, 3.63) is 39.9 Å². The first-order valence-electron chi connectivity index (χ1n) is 6.31. The molecule has 102 valence electrons. The highest BCUT2D eigenvalue weighted by molar-refractivity contribution is 5.98. The van der Waals surface area contributed by atoms with Gasteiger partial charge in [-0.05, 0) is 25.3 Å². The maximum Gasteiger partial charge on any atom is 0.282 e. The second kappa shape index (κ2) is 6.29. The fraction of sp³-hybridized carbons (Fsp3) is 0.462. The summed E-state index contributed by atoms with van der Waals surface area (Å²) < 4.78 is 5.44. The minimum atomic E-state index is -0.547. The van der Waals surface area contributed by atoms with E-state index >= 15 is 0 Å². The van der Waals surface area contributed by atoms with Gasteiger partial charge in [-0.2, -0.15) is 0 Å². The molecular weight excluding hydrogens is 248 g/mol. The summed E-state index contributed by atoms with van der Waals surface area (Å²) in [6, 6.07) is 5.94. The molecule has 6 nitrogen and oxygen atoms in total. The normalized spacial score (nSPS) is 18.2. The molecule has 2 rings (SSSR count). The fourth-order valence-corrected chi connectivity index (χ4v) is 2.14. The van der Waals surface area contributed by atoms with Crippen LogP contribution in [0.3, 0.4) is 0 Å². The number of carbonyl (C=O) groups excluding carboxylic acids is 1. The van der Waals surface area contributed by atoms with Gasteiger partial charge in [-0.15, -0.1) is 0 Å². The van der Waals surface area contributed by atoms with Crippen LogP contribution in [0.1, 0.15) is 29.6 Å². The molecule has 1 fully saturated rings. The Morgan fingerprint density at radius 3 is 2.95 bits per heavy atom. The summed E-state index contributed by atoms with van der Waals surface area (Å²) in [5, 5.41) is 13.5. The quantitative estimate of drug-likeness (QED) is 0.650. The molecule has 19 heavy (non-hydrogen) atoms. The number of rotatable bonds is 5. The molecule has 0 radical (unpaired) electrons. The number of nitrogens with zero attached hydrogens (tertiary/aromatic N) is 1. The van der Waals surface area contributed by atoms with E-state index in [1.807, 2.05) is 0 Å². The Labute approximate surface area is 110 Å². The minimum Gasteiger partial charge on any atom is -0.378 e. The number of nitrogens with one attached hydrogen (secondary N) is 1. The molecule has 1 aliphatic heterocycles. The maximum absolute atomic E-state index is 11.9. The Bertz CT molecular complexity index is 469. The summed E-state index contributed by atoms with van der Waals surface area (Å²) >= 11 is 0. The van der Waals surface area contributed by atoms with Crippen molar-refractivity contribution in [2.24, 2.45) is 0 Å². The van der Waals surface area contributed by atoms with E-state index in [1.54, 1.807) is 12.1 Å². The largest absolute Gasteiger partial charge is 0.378 e. The van der Waals surface area contributed by atoms with Gasteiger partial charge in [-0.3, -0.25) is 14.9 Å². The number of benzene rings is 1. The second-order valence-electron chi connectivity index (χ2n) is 4.45. The maximum atomic E-state index is 11.9. The predicted octanol–water partition coefficient (Wildman–Crippen LogP) is 1.89. The standard InChI is InChI=1S/C13H16N2O4/c16-13(14-8-7-10-4-3-9-19-10)11-5-1-2-6-12(11)15(17)18/h1-2,5-6,10H,3-4,7-9H2,(H,14,16). The molecule has 0 aliphatic carbocycles. The van der Waals surface area contributed by atoms with Gasteiger partial charge in [0.15, 0.2) is 0 Å². The molecule has 1 aromatic carbocycles. The Hall–Kier alpha value is -1.95. The number of hydrogen-bond acceptors (Lipinski definition) is 4. The molecule has 6 heteroatoms. The number of nitro benzene ring substituents is 1. The third kappa shape index (κ3) is 3.51. The number of ether oxygens (including phenoxy) is 1. The Balaban J connectivity index is 1.90. The SMILES string of the molecule is O=C(NCCC1CCCO1)c1ccccc1[N+](=O)[O-]. The average molecular weight is 264 g/mol. The number of nitro groups is 1. The zero-order valence-corrected chi connectivity index (χ0v) is 10.5. The molecule has 1 saturated heterocycles. The number of para-hydroxylation sites is 1. The van der Waals surface area contributed by atoms with Crippen LogP contribution in [0.5, 0.6) is 0 Å². The van der Waals surface area contributed by atoms with Crippen molar-refractivity contribution in [1.29, 1.82) is 0 Å². The summed E-state index contributed by atoms with van der Waals surface area (Å²) in [6.45, 7) is 1.25. The smallest absolute Gasteiger partial charge is 0.282 e. The van der Waals surface area contributed by atoms with Crippen molar-refractivity contribution in [2.45, 2.75) is 25.4 Å². The molecule has 0 aromatic heterocycles. The van der Waals surface area contributed by atoms with Crippen molar-refractivity contribution in [2.75, 3.05) is 13.2 Å². The van der Waals surface area contributed by atoms with Crippen LogP contribution >= 0.6 is 0 Å². The first-order valence-corrected chi connectivity index (χ1v) is 6.31. The van der Waals surface area contributed by atoms with Crippen molar-refractivity contribution in [1.82, 2.24) is 5.32 Å². The molecule has 1 aromatic rings. The molecule has 1 N–H and O–H groups in total. The molecule has 1 aliphatic rings. The number of amides is 1. The first kappa shape index (κ1) is 13.5. The second-order valence-corrected chi connectivity index (χ2v) is 4.45. The van der Waals surface area contributed by atoms with Crippen LogP contribution in [0.4, 0.5) is 5.69 Å². The number of hydrogen-bond donors (Lipinski definition) is 1. The van der Waals surface area contributed by atoms with Gasteiger partial charge >= 0.3 is 0 Å². The monoisotopic (exact) mass is 264 g/mol. The highest BCUT2D eigenvalue weighted by atomic mass is 16.6. The van der Waals surface area contributed by atoms with Crippen LogP contribution in [0.25, 0.3) is 0 Å². The lowest BCUT2D eigenvalue weighted by Gasteiger charge is -2.10. The summed E-state index contributed by atoms with van der Waals surface area (Å²) in [5.41, 5.74) is -0.0723. The van der Waals surface area contributed by atoms with Gasteiger partial charge in [0, 0.05) is 19.2 Å². The highest BCUT2D eigenvalue weighted by Gasteiger charge is 2.20. The van der Waals surface area contributed by atoms with Crippen LogP contribution in [-0.2, 0) is 4.74 Å². The van der Waals surface area contributed by atoms with E-state index in [0.29, 0.717) is 6.54 Å². The van der Waals surface area contributed by atoms with Gasteiger partial charge in [0.25, 0.3) is 11.6 Å².